The van der Waals surface area contributed by atoms with Crippen LogP contribution in [0.1, 0.15) is 31.2 Å². The number of aromatic amines is 1. The van der Waals surface area contributed by atoms with Crippen molar-refractivity contribution >= 4 is 25.2 Å². The first kappa shape index (κ1) is 27.3. The molecule has 3 aromatic rings. The lowest BCUT2D eigenvalue weighted by Gasteiger charge is -2.32. The molecule has 0 radical (unpaired) electrons. The topological polar surface area (TPSA) is 179 Å². The second kappa shape index (κ2) is 11.7. The van der Waals surface area contributed by atoms with Gasteiger partial charge in [-0.25, -0.2) is 4.98 Å². The van der Waals surface area contributed by atoms with E-state index in [0.29, 0.717) is 17.8 Å². The number of aromatic nitrogens is 3. The number of nitrogens with one attached hydrogen (secondary N) is 2. The molecule has 2 amide bonds. The Labute approximate surface area is 218 Å². The number of hydrogen-bond acceptors (Lipinski definition) is 7. The highest BCUT2D eigenvalue weighted by Gasteiger charge is 2.45. The largest absolute Gasteiger partial charge is 0.481 e. The summed E-state index contributed by atoms with van der Waals surface area (Å²) in [5, 5.41) is 16.4. The number of nitrogens with zero attached hydrogens (tertiary/aromatic N) is 3. The summed E-state index contributed by atoms with van der Waals surface area (Å²) in [6, 6.07) is 9.87. The average molecular weight is 544 g/mol. The van der Waals surface area contributed by atoms with Crippen molar-refractivity contribution < 1.29 is 33.5 Å². The SMILES string of the molecule is CC(=O)N[C@@H](Cc1cnc[nH]1)C(=O)N1CCC[C@@H]1P(=O)(O)C[C@@H](Cc1cc(-c2ccccc2)no1)C(=O)O. The van der Waals surface area contributed by atoms with Crippen molar-refractivity contribution in [1.29, 1.82) is 0 Å². The summed E-state index contributed by atoms with van der Waals surface area (Å²) in [4.78, 5) is 56.5. The number of carboxylic acid groups (broad SMARTS) is 1. The molecule has 202 valence electrons. The maximum absolute atomic E-state index is 13.6. The van der Waals surface area contributed by atoms with Crippen LogP contribution in [0.15, 0.2) is 53.4 Å². The van der Waals surface area contributed by atoms with E-state index in [0.717, 1.165) is 5.56 Å². The number of H-pyrrole nitrogens is 1. The van der Waals surface area contributed by atoms with E-state index in [4.69, 9.17) is 4.52 Å². The van der Waals surface area contributed by atoms with Gasteiger partial charge in [0.2, 0.25) is 19.2 Å². The van der Waals surface area contributed by atoms with Crippen LogP contribution in [0.4, 0.5) is 0 Å². The van der Waals surface area contributed by atoms with Gasteiger partial charge in [-0.05, 0) is 12.8 Å². The third-order valence-corrected chi connectivity index (χ3v) is 8.96. The zero-order valence-corrected chi connectivity index (χ0v) is 21.7. The minimum atomic E-state index is -4.16. The van der Waals surface area contributed by atoms with Crippen LogP contribution in [0.3, 0.4) is 0 Å². The van der Waals surface area contributed by atoms with Crippen LogP contribution >= 0.6 is 7.37 Å². The van der Waals surface area contributed by atoms with E-state index in [2.05, 4.69) is 20.4 Å². The third kappa shape index (κ3) is 6.56. The summed E-state index contributed by atoms with van der Waals surface area (Å²) >= 11 is 0. The number of likely N-dealkylation sites (tertiary alicyclic amines) is 1. The molecular weight excluding hydrogens is 513 g/mol. The molecule has 0 saturated carbocycles. The Bertz CT molecular complexity index is 1310. The highest BCUT2D eigenvalue weighted by Crippen LogP contribution is 2.53. The molecular formula is C25H30N5O7P. The Hall–Kier alpha value is -3.76. The van der Waals surface area contributed by atoms with E-state index in [1.54, 1.807) is 6.07 Å². The minimum Gasteiger partial charge on any atom is -0.481 e. The van der Waals surface area contributed by atoms with E-state index in [1.165, 1.54) is 24.3 Å². The fourth-order valence-corrected chi connectivity index (χ4v) is 7.16. The number of imidazole rings is 1. The number of carbonyl (C=O) groups is 3. The monoisotopic (exact) mass is 543 g/mol. The molecule has 1 unspecified atom stereocenters. The zero-order valence-electron chi connectivity index (χ0n) is 20.8. The summed E-state index contributed by atoms with van der Waals surface area (Å²) in [6.45, 7) is 1.52. The third-order valence-electron chi connectivity index (χ3n) is 6.53. The van der Waals surface area contributed by atoms with Crippen molar-refractivity contribution in [2.75, 3.05) is 12.7 Å². The second-order valence-corrected chi connectivity index (χ2v) is 11.9. The lowest BCUT2D eigenvalue weighted by Crippen LogP contribution is -2.50. The molecule has 13 heteroatoms. The van der Waals surface area contributed by atoms with Crippen LogP contribution in [0.5, 0.6) is 0 Å². The predicted octanol–water partition coefficient (Wildman–Crippen LogP) is 2.27. The predicted molar refractivity (Wildman–Crippen MR) is 136 cm³/mol. The van der Waals surface area contributed by atoms with Gasteiger partial charge in [0.05, 0.1) is 12.2 Å². The molecule has 1 fully saturated rings. The van der Waals surface area contributed by atoms with E-state index in [1.807, 2.05) is 30.3 Å². The van der Waals surface area contributed by atoms with Crippen molar-refractivity contribution in [3.05, 3.63) is 60.4 Å². The lowest BCUT2D eigenvalue weighted by atomic mass is 10.1. The van der Waals surface area contributed by atoms with Gasteiger partial charge in [0.1, 0.15) is 23.3 Å². The van der Waals surface area contributed by atoms with Gasteiger partial charge in [0.15, 0.2) is 0 Å². The quantitative estimate of drug-likeness (QED) is 0.264. The van der Waals surface area contributed by atoms with Crippen LogP contribution in [0.25, 0.3) is 11.3 Å². The normalized spacial score (nSPS) is 18.5. The number of hydrogen-bond donors (Lipinski definition) is 4. The number of aliphatic carboxylic acids is 1. The highest BCUT2D eigenvalue weighted by molar-refractivity contribution is 7.58. The first-order valence-electron chi connectivity index (χ1n) is 12.2. The number of benzene rings is 1. The molecule has 0 bridgehead atoms. The van der Waals surface area contributed by atoms with Gasteiger partial charge < -0.3 is 29.7 Å². The van der Waals surface area contributed by atoms with Gasteiger partial charge in [-0.3, -0.25) is 18.9 Å². The summed E-state index contributed by atoms with van der Waals surface area (Å²) in [5.74, 6) is -4.16. The van der Waals surface area contributed by atoms with Crippen molar-refractivity contribution in [2.45, 2.75) is 44.4 Å². The van der Waals surface area contributed by atoms with Gasteiger partial charge in [0, 0.05) is 56.0 Å². The second-order valence-electron chi connectivity index (χ2n) is 9.41. The van der Waals surface area contributed by atoms with E-state index in [-0.39, 0.29) is 31.6 Å². The standard InChI is InChI=1S/C25H30N5O7P/c1-16(31)28-22(11-19-13-26-15-27-19)24(32)30-9-5-8-23(30)38(35,36)14-18(25(33)34)10-20-12-21(29-37-20)17-6-3-2-4-7-17/h2-4,6-7,12-13,15,18,22-23H,5,8-11,14H2,1H3,(H,26,27)(H,28,31)(H,33,34)(H,35,36)/t18-,22+,23+/m1/s1. The van der Waals surface area contributed by atoms with Crippen molar-refractivity contribution in [2.24, 2.45) is 5.92 Å². The molecule has 1 aromatic carbocycles. The number of amides is 2. The first-order chi connectivity index (χ1) is 18.1. The van der Waals surface area contributed by atoms with Gasteiger partial charge in [-0.15, -0.1) is 0 Å². The molecule has 2 aromatic heterocycles. The van der Waals surface area contributed by atoms with Crippen LogP contribution in [-0.2, 0) is 31.8 Å². The van der Waals surface area contributed by atoms with E-state index in [9.17, 15) is 28.9 Å². The molecule has 0 spiro atoms. The highest BCUT2D eigenvalue weighted by atomic mass is 31.2. The van der Waals surface area contributed by atoms with Crippen molar-refractivity contribution in [3.63, 3.8) is 0 Å². The van der Waals surface area contributed by atoms with E-state index >= 15 is 0 Å². The van der Waals surface area contributed by atoms with Crippen molar-refractivity contribution in [3.8, 4) is 11.3 Å². The maximum Gasteiger partial charge on any atom is 0.307 e. The minimum absolute atomic E-state index is 0.129. The number of carboxylic acids is 1. The molecule has 4 N–H and O–H groups in total. The van der Waals surface area contributed by atoms with Crippen LogP contribution < -0.4 is 5.32 Å². The smallest absolute Gasteiger partial charge is 0.307 e. The van der Waals surface area contributed by atoms with E-state index < -0.39 is 49.1 Å². The van der Waals surface area contributed by atoms with Crippen LogP contribution in [0.2, 0.25) is 0 Å². The molecule has 1 aliphatic rings. The summed E-state index contributed by atoms with van der Waals surface area (Å²) < 4.78 is 18.9. The molecule has 3 heterocycles. The fourth-order valence-electron chi connectivity index (χ4n) is 4.75. The zero-order chi connectivity index (χ0) is 27.3. The van der Waals surface area contributed by atoms with Gasteiger partial charge in [0.25, 0.3) is 0 Å². The molecule has 1 aliphatic heterocycles. The van der Waals surface area contributed by atoms with Gasteiger partial charge >= 0.3 is 5.97 Å². The number of carbonyl (C=O) groups excluding carboxylic acids is 2. The fraction of sp³-hybridized carbons (Fsp3) is 0.400. The Balaban J connectivity index is 1.48. The Kier molecular flexibility index (Phi) is 8.43. The Morgan fingerprint density at radius 2 is 2.03 bits per heavy atom. The summed E-state index contributed by atoms with van der Waals surface area (Å²) in [6.07, 6.45) is 3.18. The van der Waals surface area contributed by atoms with Gasteiger partial charge in [-0.2, -0.15) is 0 Å². The Morgan fingerprint density at radius 3 is 2.68 bits per heavy atom. The molecule has 12 nitrogen and oxygen atoms in total. The van der Waals surface area contributed by atoms with Crippen LogP contribution in [-0.4, -0.2) is 72.3 Å². The average Bonchev–Trinajstić information content (AvgIpc) is 3.65. The summed E-state index contributed by atoms with van der Waals surface area (Å²) in [5.41, 5.74) is 1.95. The lowest BCUT2D eigenvalue weighted by molar-refractivity contribution is -0.141. The summed E-state index contributed by atoms with van der Waals surface area (Å²) in [7, 11) is -4.16. The Morgan fingerprint density at radius 1 is 1.26 bits per heavy atom. The van der Waals surface area contributed by atoms with Crippen LogP contribution in [0, 0.1) is 5.92 Å². The molecule has 38 heavy (non-hydrogen) atoms. The molecule has 4 atom stereocenters. The number of rotatable bonds is 11. The maximum atomic E-state index is 13.6. The molecule has 4 rings (SSSR count). The van der Waals surface area contributed by atoms with Gasteiger partial charge in [-0.1, -0.05) is 35.5 Å². The first-order valence-corrected chi connectivity index (χ1v) is 14.2. The van der Waals surface area contributed by atoms with Crippen molar-refractivity contribution in [1.82, 2.24) is 25.3 Å². The molecule has 0 aliphatic carbocycles. The molecule has 1 saturated heterocycles.